The number of aliphatic hydroxyl groups is 3. The predicted octanol–water partition coefficient (Wildman–Crippen LogP) is 1.61. The van der Waals surface area contributed by atoms with Crippen LogP contribution in [0.1, 0.15) is 51.9 Å². The molecule has 0 aromatic heterocycles. The highest BCUT2D eigenvalue weighted by Crippen LogP contribution is 2.38. The molecular formula is C15H27O6P. The molecule has 6 nitrogen and oxygen atoms in total. The number of allylic oxidation sites excluding steroid dienone is 1. The lowest BCUT2D eigenvalue weighted by molar-refractivity contribution is -0.143. The van der Waals surface area contributed by atoms with Crippen molar-refractivity contribution in [1.82, 2.24) is 0 Å². The van der Waals surface area contributed by atoms with E-state index in [2.05, 4.69) is 6.92 Å². The van der Waals surface area contributed by atoms with E-state index in [9.17, 15) is 25.0 Å². The summed E-state index contributed by atoms with van der Waals surface area (Å²) in [5.41, 5.74) is -0.697. The second-order valence-corrected chi connectivity index (χ2v) is 6.98. The van der Waals surface area contributed by atoms with Crippen LogP contribution in [0.5, 0.6) is 0 Å². The number of hydrogen-bond donors (Lipinski definition) is 4. The number of ether oxygens (including phenoxy) is 1. The highest BCUT2D eigenvalue weighted by Gasteiger charge is 2.46. The summed E-state index contributed by atoms with van der Waals surface area (Å²) < 4.78 is 4.78. The number of carbonyl (C=O) groups is 1. The third-order valence-corrected chi connectivity index (χ3v) is 4.88. The number of rotatable bonds is 10. The Kier molecular flexibility index (Phi) is 9.33. The molecule has 0 saturated carbocycles. The zero-order valence-corrected chi connectivity index (χ0v) is 13.9. The Balaban J connectivity index is 2.25. The molecule has 0 bridgehead atoms. The van der Waals surface area contributed by atoms with Crippen LogP contribution in [0.4, 0.5) is 0 Å². The van der Waals surface area contributed by atoms with Crippen LogP contribution in [-0.2, 0) is 9.53 Å². The Morgan fingerprint density at radius 1 is 1.09 bits per heavy atom. The van der Waals surface area contributed by atoms with Gasteiger partial charge in [0.1, 0.15) is 20.4 Å². The maximum Gasteiger partial charge on any atom is 0.216 e. The van der Waals surface area contributed by atoms with Gasteiger partial charge in [0.05, 0.1) is 0 Å². The SMILES string of the molecule is CCCCCCCCC=CP(O)C(=O)[C@H]1O[C@@H](O)[C@H](O)[C@@H]1O. The van der Waals surface area contributed by atoms with Crippen LogP contribution in [0.25, 0.3) is 0 Å². The van der Waals surface area contributed by atoms with Crippen LogP contribution in [0.3, 0.4) is 0 Å². The van der Waals surface area contributed by atoms with Gasteiger partial charge < -0.3 is 24.9 Å². The van der Waals surface area contributed by atoms with Gasteiger partial charge in [0, 0.05) is 0 Å². The van der Waals surface area contributed by atoms with E-state index in [0.717, 1.165) is 19.3 Å². The van der Waals surface area contributed by atoms with Crippen LogP contribution >= 0.6 is 8.15 Å². The summed E-state index contributed by atoms with van der Waals surface area (Å²) >= 11 is 0. The molecule has 0 amide bonds. The first-order chi connectivity index (χ1) is 10.5. The van der Waals surface area contributed by atoms with Crippen molar-refractivity contribution < 1.29 is 29.7 Å². The third kappa shape index (κ3) is 6.03. The molecule has 1 heterocycles. The summed E-state index contributed by atoms with van der Waals surface area (Å²) in [6.45, 7) is 2.17. The largest absolute Gasteiger partial charge is 0.387 e. The summed E-state index contributed by atoms with van der Waals surface area (Å²) in [7, 11) is -2.07. The zero-order valence-electron chi connectivity index (χ0n) is 13.0. The van der Waals surface area contributed by atoms with Crippen molar-refractivity contribution in [3.05, 3.63) is 11.9 Å². The summed E-state index contributed by atoms with van der Waals surface area (Å²) in [5, 5.41) is 28.1. The van der Waals surface area contributed by atoms with Crippen molar-refractivity contribution >= 4 is 13.7 Å². The van der Waals surface area contributed by atoms with Crippen molar-refractivity contribution in [1.29, 1.82) is 0 Å². The van der Waals surface area contributed by atoms with Gasteiger partial charge in [-0.25, -0.2) is 0 Å². The van der Waals surface area contributed by atoms with Crippen LogP contribution in [0.2, 0.25) is 0 Å². The second kappa shape index (κ2) is 10.4. The van der Waals surface area contributed by atoms with Crippen LogP contribution < -0.4 is 0 Å². The van der Waals surface area contributed by atoms with E-state index in [-0.39, 0.29) is 0 Å². The molecule has 1 rings (SSSR count). The van der Waals surface area contributed by atoms with E-state index >= 15 is 0 Å². The molecule has 0 radical (unpaired) electrons. The summed E-state index contributed by atoms with van der Waals surface area (Å²) in [4.78, 5) is 21.7. The number of carbonyl (C=O) groups excluding carboxylic acids is 1. The summed E-state index contributed by atoms with van der Waals surface area (Å²) in [6, 6.07) is 0. The highest BCUT2D eigenvalue weighted by atomic mass is 31.1. The third-order valence-electron chi connectivity index (χ3n) is 3.68. The van der Waals surface area contributed by atoms with Crippen molar-refractivity contribution in [3.63, 3.8) is 0 Å². The van der Waals surface area contributed by atoms with E-state index in [1.807, 2.05) is 0 Å². The van der Waals surface area contributed by atoms with Gasteiger partial charge >= 0.3 is 0 Å². The Morgan fingerprint density at radius 3 is 2.32 bits per heavy atom. The Hall–Kier alpha value is -0.360. The van der Waals surface area contributed by atoms with Gasteiger partial charge in [0.2, 0.25) is 5.52 Å². The van der Waals surface area contributed by atoms with Crippen LogP contribution in [0.15, 0.2) is 11.9 Å². The van der Waals surface area contributed by atoms with E-state index in [4.69, 9.17) is 4.74 Å². The smallest absolute Gasteiger partial charge is 0.216 e. The molecule has 1 fully saturated rings. The first kappa shape index (κ1) is 19.7. The average Bonchev–Trinajstić information content (AvgIpc) is 2.76. The molecule has 1 aliphatic heterocycles. The van der Waals surface area contributed by atoms with Gasteiger partial charge in [-0.3, -0.25) is 4.79 Å². The van der Waals surface area contributed by atoms with Gasteiger partial charge in [0.15, 0.2) is 12.4 Å². The Labute approximate surface area is 132 Å². The first-order valence-electron chi connectivity index (χ1n) is 7.87. The maximum absolute atomic E-state index is 11.9. The van der Waals surface area contributed by atoms with Crippen LogP contribution in [-0.4, -0.2) is 50.3 Å². The molecule has 1 unspecified atom stereocenters. The number of unbranched alkanes of at least 4 members (excludes halogenated alkanes) is 6. The lowest BCUT2D eigenvalue weighted by atomic mass is 10.1. The molecule has 0 aromatic rings. The molecule has 4 N–H and O–H groups in total. The highest BCUT2D eigenvalue weighted by molar-refractivity contribution is 7.72. The normalized spacial score (nSPS) is 30.0. The van der Waals surface area contributed by atoms with Crippen molar-refractivity contribution in [2.75, 3.05) is 0 Å². The summed E-state index contributed by atoms with van der Waals surface area (Å²) in [6.07, 6.45) is 3.61. The molecule has 22 heavy (non-hydrogen) atoms. The first-order valence-corrected chi connectivity index (χ1v) is 9.23. The van der Waals surface area contributed by atoms with Gasteiger partial charge in [-0.15, -0.1) is 0 Å². The minimum absolute atomic E-state index is 0.697. The predicted molar refractivity (Wildman–Crippen MR) is 84.2 cm³/mol. The maximum atomic E-state index is 11.9. The van der Waals surface area contributed by atoms with E-state index in [0.29, 0.717) is 0 Å². The van der Waals surface area contributed by atoms with Crippen molar-refractivity contribution in [2.45, 2.75) is 76.5 Å². The van der Waals surface area contributed by atoms with Gasteiger partial charge in [-0.2, -0.15) is 0 Å². The molecule has 128 valence electrons. The van der Waals surface area contributed by atoms with E-state index in [1.165, 1.54) is 31.5 Å². The zero-order chi connectivity index (χ0) is 16.5. The van der Waals surface area contributed by atoms with Gasteiger partial charge in [0.25, 0.3) is 0 Å². The van der Waals surface area contributed by atoms with Crippen molar-refractivity contribution in [3.8, 4) is 0 Å². The van der Waals surface area contributed by atoms with E-state index < -0.39 is 38.3 Å². The fourth-order valence-electron chi connectivity index (χ4n) is 2.28. The minimum atomic E-state index is -2.07. The monoisotopic (exact) mass is 334 g/mol. The van der Waals surface area contributed by atoms with E-state index in [1.54, 1.807) is 6.08 Å². The molecule has 0 aromatic carbocycles. The fourth-order valence-corrected chi connectivity index (χ4v) is 3.25. The molecular weight excluding hydrogens is 307 g/mol. The molecule has 0 aliphatic carbocycles. The molecule has 1 saturated heterocycles. The number of aliphatic hydroxyl groups excluding tert-OH is 3. The van der Waals surface area contributed by atoms with Gasteiger partial charge in [-0.1, -0.05) is 45.1 Å². The van der Waals surface area contributed by atoms with Crippen molar-refractivity contribution in [2.24, 2.45) is 0 Å². The number of hydrogen-bond acceptors (Lipinski definition) is 6. The summed E-state index contributed by atoms with van der Waals surface area (Å²) in [5.74, 6) is 1.43. The lowest BCUT2D eigenvalue weighted by Gasteiger charge is -2.14. The fraction of sp³-hybridized carbons (Fsp3) is 0.800. The quantitative estimate of drug-likeness (QED) is 0.357. The average molecular weight is 334 g/mol. The standard InChI is InChI=1S/C15H27O6P/c1-2-3-4-5-6-7-8-9-10-22(20)15(19)13-11(16)12(17)14(18)21-13/h9-14,16-18,20H,2-8H2,1H3/t11-,12+,13-,14+,22?/m0/s1. The Bertz CT molecular complexity index is 362. The molecule has 5 atom stereocenters. The van der Waals surface area contributed by atoms with Crippen LogP contribution in [0, 0.1) is 0 Å². The lowest BCUT2D eigenvalue weighted by Crippen LogP contribution is -2.35. The molecule has 7 heteroatoms. The molecule has 1 aliphatic rings. The Morgan fingerprint density at radius 2 is 1.73 bits per heavy atom. The van der Waals surface area contributed by atoms with Gasteiger partial charge in [-0.05, 0) is 18.7 Å². The second-order valence-electron chi connectivity index (χ2n) is 5.55. The topological polar surface area (TPSA) is 107 Å². The minimum Gasteiger partial charge on any atom is -0.387 e. The molecule has 0 spiro atoms.